The molecule has 10 heteroatoms. The summed E-state index contributed by atoms with van der Waals surface area (Å²) in [5.74, 6) is 6.44. The van der Waals surface area contributed by atoms with Crippen LogP contribution in [-0.2, 0) is 6.18 Å². The van der Waals surface area contributed by atoms with Gasteiger partial charge in [0.25, 0.3) is 0 Å². The molecular weight excluding hydrogens is 455 g/mol. The lowest BCUT2D eigenvalue weighted by molar-refractivity contribution is -0.137. The molecule has 0 saturated heterocycles. The SMILES string of the molecule is Nc1n[nH]c2cccc(C#Cc3ccc(NC(=O)Nc4ccc(Cl)c(C(F)(F)F)c4)cc3)c12. The summed E-state index contributed by atoms with van der Waals surface area (Å²) in [6.07, 6.45) is -4.63. The molecule has 0 unspecified atom stereocenters. The summed E-state index contributed by atoms with van der Waals surface area (Å²) < 4.78 is 38.9. The number of benzene rings is 3. The number of fused-ring (bicyclic) bond motifs is 1. The number of alkyl halides is 3. The molecule has 1 heterocycles. The fourth-order valence-electron chi connectivity index (χ4n) is 3.09. The Morgan fingerprint density at radius 3 is 2.42 bits per heavy atom. The number of anilines is 3. The number of nitrogens with zero attached hydrogens (tertiary/aromatic N) is 1. The number of nitrogens with one attached hydrogen (secondary N) is 3. The van der Waals surface area contributed by atoms with Gasteiger partial charge in [-0.05, 0) is 54.6 Å². The minimum absolute atomic E-state index is 0.0422. The number of halogens is 4. The number of carbonyl (C=O) groups is 1. The molecule has 5 N–H and O–H groups in total. The Morgan fingerprint density at radius 2 is 1.70 bits per heavy atom. The van der Waals surface area contributed by atoms with Crippen LogP contribution in [0.3, 0.4) is 0 Å². The van der Waals surface area contributed by atoms with Gasteiger partial charge in [-0.3, -0.25) is 5.10 Å². The molecule has 166 valence electrons. The van der Waals surface area contributed by atoms with Crippen molar-refractivity contribution in [2.45, 2.75) is 6.18 Å². The molecule has 0 bridgehead atoms. The van der Waals surface area contributed by atoms with Gasteiger partial charge in [0.15, 0.2) is 5.82 Å². The first-order chi connectivity index (χ1) is 15.7. The van der Waals surface area contributed by atoms with E-state index in [2.05, 4.69) is 32.7 Å². The maximum Gasteiger partial charge on any atom is 0.417 e. The first kappa shape index (κ1) is 22.0. The molecule has 0 aliphatic heterocycles. The van der Waals surface area contributed by atoms with Crippen molar-refractivity contribution in [2.24, 2.45) is 0 Å². The van der Waals surface area contributed by atoms with Crippen molar-refractivity contribution in [2.75, 3.05) is 16.4 Å². The van der Waals surface area contributed by atoms with Gasteiger partial charge in [0, 0.05) is 22.5 Å². The van der Waals surface area contributed by atoms with E-state index in [0.29, 0.717) is 17.1 Å². The fraction of sp³-hybridized carbons (Fsp3) is 0.0435. The maximum absolute atomic E-state index is 13.0. The average Bonchev–Trinajstić information content (AvgIpc) is 3.15. The predicted octanol–water partition coefficient (Wildman–Crippen LogP) is 5.86. The van der Waals surface area contributed by atoms with Gasteiger partial charge in [-0.15, -0.1) is 0 Å². The van der Waals surface area contributed by atoms with Gasteiger partial charge in [0.2, 0.25) is 0 Å². The number of nitrogens with two attached hydrogens (primary N) is 1. The van der Waals surface area contributed by atoms with Gasteiger partial charge in [0.05, 0.1) is 21.5 Å². The quantitative estimate of drug-likeness (QED) is 0.277. The number of amides is 2. The molecule has 0 aliphatic rings. The molecule has 2 amide bonds. The second-order valence-corrected chi connectivity index (χ2v) is 7.34. The van der Waals surface area contributed by atoms with Crippen LogP contribution in [-0.4, -0.2) is 16.2 Å². The van der Waals surface area contributed by atoms with Crippen LogP contribution in [0.2, 0.25) is 5.02 Å². The standard InChI is InChI=1S/C23H15ClF3N5O/c24-18-11-10-16(12-17(18)23(25,26)27)30-22(33)29-15-8-5-13(6-9-15)4-7-14-2-1-3-19-20(14)21(28)32-31-19/h1-3,5-6,8-12H,(H3,28,31,32)(H2,29,30,33). The second kappa shape index (κ2) is 8.76. The van der Waals surface area contributed by atoms with E-state index in [1.165, 1.54) is 6.07 Å². The van der Waals surface area contributed by atoms with E-state index >= 15 is 0 Å². The summed E-state index contributed by atoms with van der Waals surface area (Å²) in [5.41, 5.74) is 7.44. The van der Waals surface area contributed by atoms with Crippen LogP contribution < -0.4 is 16.4 Å². The second-order valence-electron chi connectivity index (χ2n) is 6.94. The highest BCUT2D eigenvalue weighted by Crippen LogP contribution is 2.36. The normalized spacial score (nSPS) is 11.0. The minimum atomic E-state index is -4.63. The number of hydrogen-bond donors (Lipinski definition) is 4. The third-order valence-corrected chi connectivity index (χ3v) is 4.96. The van der Waals surface area contributed by atoms with Crippen LogP contribution in [0.25, 0.3) is 10.9 Å². The van der Waals surface area contributed by atoms with Crippen LogP contribution in [0, 0.1) is 11.8 Å². The summed E-state index contributed by atoms with van der Waals surface area (Å²) in [4.78, 5) is 12.2. The number of nitrogen functional groups attached to an aromatic ring is 1. The molecule has 4 aromatic rings. The van der Waals surface area contributed by atoms with Gasteiger partial charge in [-0.2, -0.15) is 18.3 Å². The Kier molecular flexibility index (Phi) is 5.85. The highest BCUT2D eigenvalue weighted by molar-refractivity contribution is 6.31. The summed E-state index contributed by atoms with van der Waals surface area (Å²) in [7, 11) is 0. The Bertz CT molecular complexity index is 1400. The highest BCUT2D eigenvalue weighted by atomic mass is 35.5. The number of aromatic nitrogens is 2. The number of carbonyl (C=O) groups excluding carboxylic acids is 1. The molecule has 0 fully saturated rings. The summed E-state index contributed by atoms with van der Waals surface area (Å²) >= 11 is 5.59. The van der Waals surface area contributed by atoms with Crippen LogP contribution in [0.15, 0.2) is 60.7 Å². The third-order valence-electron chi connectivity index (χ3n) is 4.63. The molecule has 1 aromatic heterocycles. The molecule has 0 aliphatic carbocycles. The van der Waals surface area contributed by atoms with Crippen molar-refractivity contribution in [3.63, 3.8) is 0 Å². The van der Waals surface area contributed by atoms with Crippen molar-refractivity contribution in [1.29, 1.82) is 0 Å². The number of urea groups is 1. The van der Waals surface area contributed by atoms with E-state index in [0.717, 1.165) is 28.6 Å². The van der Waals surface area contributed by atoms with Crippen molar-refractivity contribution in [3.05, 3.63) is 82.4 Å². The van der Waals surface area contributed by atoms with E-state index in [-0.39, 0.29) is 5.69 Å². The molecule has 0 spiro atoms. The van der Waals surface area contributed by atoms with Gasteiger partial charge in [-0.1, -0.05) is 29.5 Å². The summed E-state index contributed by atoms with van der Waals surface area (Å²) in [6, 6.07) is 14.6. The Labute approximate surface area is 190 Å². The lowest BCUT2D eigenvalue weighted by atomic mass is 10.1. The van der Waals surface area contributed by atoms with E-state index in [1.54, 1.807) is 24.3 Å². The van der Waals surface area contributed by atoms with Gasteiger partial charge in [-0.25, -0.2) is 4.79 Å². The number of hydrogen-bond acceptors (Lipinski definition) is 3. The Morgan fingerprint density at radius 1 is 1.00 bits per heavy atom. The summed E-state index contributed by atoms with van der Waals surface area (Å²) in [6.45, 7) is 0. The Hall–Kier alpha value is -4.16. The minimum Gasteiger partial charge on any atom is -0.382 e. The zero-order chi connectivity index (χ0) is 23.6. The lowest BCUT2D eigenvalue weighted by Gasteiger charge is -2.12. The van der Waals surface area contributed by atoms with Gasteiger partial charge >= 0.3 is 12.2 Å². The fourth-order valence-corrected chi connectivity index (χ4v) is 3.32. The average molecular weight is 470 g/mol. The molecule has 0 atom stereocenters. The van der Waals surface area contributed by atoms with Crippen molar-refractivity contribution >= 4 is 45.7 Å². The highest BCUT2D eigenvalue weighted by Gasteiger charge is 2.33. The van der Waals surface area contributed by atoms with Crippen molar-refractivity contribution < 1.29 is 18.0 Å². The van der Waals surface area contributed by atoms with Crippen molar-refractivity contribution in [3.8, 4) is 11.8 Å². The molecule has 33 heavy (non-hydrogen) atoms. The molecule has 0 saturated carbocycles. The number of aromatic amines is 1. The zero-order valence-corrected chi connectivity index (χ0v) is 17.5. The smallest absolute Gasteiger partial charge is 0.382 e. The summed E-state index contributed by atoms with van der Waals surface area (Å²) in [5, 5.41) is 12.0. The number of H-pyrrole nitrogens is 1. The van der Waals surface area contributed by atoms with E-state index in [1.807, 2.05) is 18.2 Å². The molecule has 0 radical (unpaired) electrons. The zero-order valence-electron chi connectivity index (χ0n) is 16.7. The van der Waals surface area contributed by atoms with Gasteiger partial charge < -0.3 is 16.4 Å². The first-order valence-electron chi connectivity index (χ1n) is 9.50. The monoisotopic (exact) mass is 469 g/mol. The maximum atomic E-state index is 13.0. The molecular formula is C23H15ClF3N5O. The van der Waals surface area contributed by atoms with Crippen LogP contribution in [0.4, 0.5) is 35.2 Å². The molecule has 4 rings (SSSR count). The first-order valence-corrected chi connectivity index (χ1v) is 9.88. The largest absolute Gasteiger partial charge is 0.417 e. The van der Waals surface area contributed by atoms with E-state index in [4.69, 9.17) is 17.3 Å². The third kappa shape index (κ3) is 5.02. The van der Waals surface area contributed by atoms with Gasteiger partial charge in [0.1, 0.15) is 0 Å². The topological polar surface area (TPSA) is 95.8 Å². The predicted molar refractivity (Wildman–Crippen MR) is 122 cm³/mol. The van der Waals surface area contributed by atoms with Crippen LogP contribution >= 0.6 is 11.6 Å². The Balaban J connectivity index is 1.44. The molecule has 6 nitrogen and oxygen atoms in total. The number of rotatable bonds is 2. The molecule has 3 aromatic carbocycles. The van der Waals surface area contributed by atoms with Crippen LogP contribution in [0.5, 0.6) is 0 Å². The van der Waals surface area contributed by atoms with Crippen molar-refractivity contribution in [1.82, 2.24) is 10.2 Å². The van der Waals surface area contributed by atoms with E-state index in [9.17, 15) is 18.0 Å². The van der Waals surface area contributed by atoms with Crippen LogP contribution in [0.1, 0.15) is 16.7 Å². The lowest BCUT2D eigenvalue weighted by Crippen LogP contribution is -2.19. The van der Waals surface area contributed by atoms with E-state index < -0.39 is 22.8 Å².